The Kier molecular flexibility index (Phi) is 4.94. The van der Waals surface area contributed by atoms with E-state index < -0.39 is 11.0 Å². The van der Waals surface area contributed by atoms with Crippen LogP contribution in [-0.4, -0.2) is 54.0 Å². The van der Waals surface area contributed by atoms with E-state index in [1.807, 2.05) is 32.6 Å². The molecule has 2 N–H and O–H groups in total. The van der Waals surface area contributed by atoms with Gasteiger partial charge in [0, 0.05) is 44.7 Å². The van der Waals surface area contributed by atoms with Gasteiger partial charge in [-0.15, -0.1) is 0 Å². The van der Waals surface area contributed by atoms with Gasteiger partial charge in [-0.3, -0.25) is 9.69 Å². The van der Waals surface area contributed by atoms with Crippen LogP contribution in [0, 0.1) is 16.7 Å². The van der Waals surface area contributed by atoms with Crippen molar-refractivity contribution >= 4 is 5.91 Å². The van der Waals surface area contributed by atoms with E-state index >= 15 is 0 Å². The smallest absolute Gasteiger partial charge is 0.230 e. The van der Waals surface area contributed by atoms with Gasteiger partial charge in [-0.05, 0) is 27.7 Å². The zero-order valence-corrected chi connectivity index (χ0v) is 12.6. The van der Waals surface area contributed by atoms with Crippen molar-refractivity contribution in [1.82, 2.24) is 9.80 Å². The van der Waals surface area contributed by atoms with E-state index in [0.717, 1.165) is 32.7 Å². The standard InChI is InChI=1S/C14H26N4O/c1-13(2,14(3,4)16)12(19)18-10-8-17(9-11-18)7-5-6-15/h5,7-11,16H2,1-4H3. The van der Waals surface area contributed by atoms with Crippen LogP contribution in [0.2, 0.25) is 0 Å². The molecule has 108 valence electrons. The highest BCUT2D eigenvalue weighted by molar-refractivity contribution is 5.83. The monoisotopic (exact) mass is 266 g/mol. The highest BCUT2D eigenvalue weighted by atomic mass is 16.2. The van der Waals surface area contributed by atoms with E-state index in [2.05, 4.69) is 11.0 Å². The summed E-state index contributed by atoms with van der Waals surface area (Å²) < 4.78 is 0. The van der Waals surface area contributed by atoms with Crippen molar-refractivity contribution < 1.29 is 4.79 Å². The summed E-state index contributed by atoms with van der Waals surface area (Å²) in [5.41, 5.74) is 5.01. The normalized spacial score (nSPS) is 18.2. The lowest BCUT2D eigenvalue weighted by Crippen LogP contribution is -2.59. The second-order valence-corrected chi connectivity index (χ2v) is 6.39. The van der Waals surface area contributed by atoms with Crippen LogP contribution in [0.1, 0.15) is 34.1 Å². The molecule has 0 unspecified atom stereocenters. The molecule has 0 aliphatic carbocycles. The Labute approximate surface area is 116 Å². The van der Waals surface area contributed by atoms with Gasteiger partial charge in [0.05, 0.1) is 11.5 Å². The molecule has 0 aromatic rings. The minimum Gasteiger partial charge on any atom is -0.340 e. The van der Waals surface area contributed by atoms with Crippen LogP contribution in [0.5, 0.6) is 0 Å². The van der Waals surface area contributed by atoms with Crippen molar-refractivity contribution in [2.24, 2.45) is 11.1 Å². The molecule has 0 radical (unpaired) electrons. The van der Waals surface area contributed by atoms with Crippen molar-refractivity contribution in [3.8, 4) is 6.07 Å². The van der Waals surface area contributed by atoms with Crippen molar-refractivity contribution in [3.05, 3.63) is 0 Å². The molecular formula is C14H26N4O. The van der Waals surface area contributed by atoms with Gasteiger partial charge < -0.3 is 10.6 Å². The fraction of sp³-hybridized carbons (Fsp3) is 0.857. The second-order valence-electron chi connectivity index (χ2n) is 6.39. The topological polar surface area (TPSA) is 73.4 Å². The summed E-state index contributed by atoms with van der Waals surface area (Å²) in [7, 11) is 0. The Morgan fingerprint density at radius 2 is 1.74 bits per heavy atom. The van der Waals surface area contributed by atoms with E-state index in [1.165, 1.54) is 0 Å². The average Bonchev–Trinajstić information content (AvgIpc) is 2.34. The fourth-order valence-electron chi connectivity index (χ4n) is 2.05. The number of hydrogen-bond donors (Lipinski definition) is 1. The summed E-state index contributed by atoms with van der Waals surface area (Å²) in [6.45, 7) is 11.6. The fourth-order valence-corrected chi connectivity index (χ4v) is 2.05. The lowest BCUT2D eigenvalue weighted by Gasteiger charge is -2.43. The Morgan fingerprint density at radius 3 is 2.16 bits per heavy atom. The molecule has 1 heterocycles. The van der Waals surface area contributed by atoms with E-state index in [4.69, 9.17) is 11.0 Å². The molecule has 0 bridgehead atoms. The number of nitrogens with two attached hydrogens (primary N) is 1. The number of hydrogen-bond acceptors (Lipinski definition) is 4. The number of nitriles is 1. The predicted octanol–water partition coefficient (Wildman–Crippen LogP) is 0.808. The molecule has 1 aliphatic heterocycles. The Hall–Kier alpha value is -1.12. The SMILES string of the molecule is CC(C)(N)C(C)(C)C(=O)N1CCN(CCC#N)CC1. The van der Waals surface area contributed by atoms with Gasteiger partial charge in [-0.25, -0.2) is 0 Å². The van der Waals surface area contributed by atoms with Crippen molar-refractivity contribution in [1.29, 1.82) is 5.26 Å². The minimum atomic E-state index is -0.568. The van der Waals surface area contributed by atoms with Crippen molar-refractivity contribution in [2.75, 3.05) is 32.7 Å². The quantitative estimate of drug-likeness (QED) is 0.817. The van der Waals surface area contributed by atoms with E-state index in [0.29, 0.717) is 6.42 Å². The molecule has 1 fully saturated rings. The summed E-state index contributed by atoms with van der Waals surface area (Å²) in [4.78, 5) is 16.7. The minimum absolute atomic E-state index is 0.125. The molecule has 1 aliphatic rings. The number of nitrogens with zero attached hydrogens (tertiary/aromatic N) is 3. The molecule has 1 saturated heterocycles. The van der Waals surface area contributed by atoms with Gasteiger partial charge in [0.1, 0.15) is 0 Å². The number of amides is 1. The van der Waals surface area contributed by atoms with Gasteiger partial charge >= 0.3 is 0 Å². The lowest BCUT2D eigenvalue weighted by atomic mass is 9.74. The number of rotatable bonds is 4. The molecule has 0 saturated carbocycles. The van der Waals surface area contributed by atoms with Crippen LogP contribution < -0.4 is 5.73 Å². The van der Waals surface area contributed by atoms with Gasteiger partial charge in [0.2, 0.25) is 5.91 Å². The Bertz CT molecular complexity index is 357. The zero-order valence-electron chi connectivity index (χ0n) is 12.6. The second kappa shape index (κ2) is 5.89. The van der Waals surface area contributed by atoms with E-state index in [-0.39, 0.29) is 5.91 Å². The third-order valence-corrected chi connectivity index (χ3v) is 4.34. The van der Waals surface area contributed by atoms with Crippen LogP contribution >= 0.6 is 0 Å². The first-order valence-corrected chi connectivity index (χ1v) is 6.87. The van der Waals surface area contributed by atoms with Crippen LogP contribution in [-0.2, 0) is 4.79 Å². The number of carbonyl (C=O) groups excluding carboxylic acids is 1. The first kappa shape index (κ1) is 15.9. The van der Waals surface area contributed by atoms with Gasteiger partial charge in [0.15, 0.2) is 0 Å². The number of carbonyl (C=O) groups is 1. The molecule has 0 atom stereocenters. The molecular weight excluding hydrogens is 240 g/mol. The zero-order chi connectivity index (χ0) is 14.7. The highest BCUT2D eigenvalue weighted by Gasteiger charge is 2.43. The Balaban J connectivity index is 2.57. The van der Waals surface area contributed by atoms with Crippen LogP contribution in [0.25, 0.3) is 0 Å². The highest BCUT2D eigenvalue weighted by Crippen LogP contribution is 2.30. The summed E-state index contributed by atoms with van der Waals surface area (Å²) in [5, 5.41) is 8.58. The Morgan fingerprint density at radius 1 is 1.21 bits per heavy atom. The first-order valence-electron chi connectivity index (χ1n) is 6.87. The maximum atomic E-state index is 12.6. The lowest BCUT2D eigenvalue weighted by molar-refractivity contribution is -0.145. The molecule has 19 heavy (non-hydrogen) atoms. The third-order valence-electron chi connectivity index (χ3n) is 4.34. The van der Waals surface area contributed by atoms with E-state index in [9.17, 15) is 4.79 Å². The summed E-state index contributed by atoms with van der Waals surface area (Å²) in [6, 6.07) is 2.15. The van der Waals surface area contributed by atoms with Gasteiger partial charge in [-0.1, -0.05) is 0 Å². The molecule has 0 aromatic heterocycles. The molecule has 0 spiro atoms. The molecule has 5 heteroatoms. The third kappa shape index (κ3) is 3.68. The summed E-state index contributed by atoms with van der Waals surface area (Å²) >= 11 is 0. The molecule has 5 nitrogen and oxygen atoms in total. The molecule has 1 rings (SSSR count). The van der Waals surface area contributed by atoms with Gasteiger partial charge in [0.25, 0.3) is 0 Å². The summed E-state index contributed by atoms with van der Waals surface area (Å²) in [6.07, 6.45) is 0.551. The maximum Gasteiger partial charge on any atom is 0.230 e. The number of piperazine rings is 1. The average molecular weight is 266 g/mol. The van der Waals surface area contributed by atoms with Crippen molar-refractivity contribution in [2.45, 2.75) is 39.7 Å². The van der Waals surface area contributed by atoms with Crippen LogP contribution in [0.4, 0.5) is 0 Å². The maximum absolute atomic E-state index is 12.6. The van der Waals surface area contributed by atoms with Crippen molar-refractivity contribution in [3.63, 3.8) is 0 Å². The van der Waals surface area contributed by atoms with Gasteiger partial charge in [-0.2, -0.15) is 5.26 Å². The predicted molar refractivity (Wildman–Crippen MR) is 75.3 cm³/mol. The molecule has 0 aromatic carbocycles. The molecule has 1 amide bonds. The van der Waals surface area contributed by atoms with Crippen LogP contribution in [0.3, 0.4) is 0 Å². The largest absolute Gasteiger partial charge is 0.340 e. The van der Waals surface area contributed by atoms with Crippen LogP contribution in [0.15, 0.2) is 0 Å². The van der Waals surface area contributed by atoms with E-state index in [1.54, 1.807) is 0 Å². The summed E-state index contributed by atoms with van der Waals surface area (Å²) in [5.74, 6) is 0.125. The first-order chi connectivity index (χ1) is 8.70.